The second-order valence-electron chi connectivity index (χ2n) is 4.97. The van der Waals surface area contributed by atoms with Crippen LogP contribution >= 0.6 is 0 Å². The lowest BCUT2D eigenvalue weighted by molar-refractivity contribution is -0.142. The summed E-state index contributed by atoms with van der Waals surface area (Å²) in [5, 5.41) is 1.64. The first kappa shape index (κ1) is 16.2. The van der Waals surface area contributed by atoms with Gasteiger partial charge in [0.05, 0.1) is 13.0 Å². The molecule has 0 aliphatic heterocycles. The highest BCUT2D eigenvalue weighted by Crippen LogP contribution is 2.23. The standard InChI is InChI=1S/C17H18F2O3/c1-2-3-8-21-16(20)10-12-4-5-14-11-15(22-17(18)19)7-6-13(14)9-12/h4-7,9,11,17H,2-3,8,10H2,1H3. The fourth-order valence-electron chi connectivity index (χ4n) is 2.11. The molecule has 2 aromatic rings. The number of hydrogen-bond donors (Lipinski definition) is 0. The molecule has 0 aromatic heterocycles. The Kier molecular flexibility index (Phi) is 5.69. The Labute approximate surface area is 127 Å². The normalized spacial score (nSPS) is 10.9. The molecular formula is C17H18F2O3. The van der Waals surface area contributed by atoms with Crippen LogP contribution in [0.3, 0.4) is 0 Å². The maximum atomic E-state index is 12.2. The molecule has 5 heteroatoms. The van der Waals surface area contributed by atoms with Crippen molar-refractivity contribution >= 4 is 16.7 Å². The van der Waals surface area contributed by atoms with Gasteiger partial charge in [0, 0.05) is 0 Å². The van der Waals surface area contributed by atoms with Gasteiger partial charge in [0.15, 0.2) is 0 Å². The van der Waals surface area contributed by atoms with Crippen molar-refractivity contribution in [2.75, 3.05) is 6.61 Å². The summed E-state index contributed by atoms with van der Waals surface area (Å²) in [5.74, 6) is -0.139. The molecule has 0 saturated heterocycles. The third kappa shape index (κ3) is 4.69. The van der Waals surface area contributed by atoms with Gasteiger partial charge in [-0.1, -0.05) is 37.6 Å². The molecule has 0 bridgehead atoms. The Morgan fingerprint density at radius 1 is 1.14 bits per heavy atom. The average Bonchev–Trinajstić information content (AvgIpc) is 2.47. The summed E-state index contributed by atoms with van der Waals surface area (Å²) in [5.41, 5.74) is 0.830. The summed E-state index contributed by atoms with van der Waals surface area (Å²) >= 11 is 0. The van der Waals surface area contributed by atoms with Gasteiger partial charge in [-0.25, -0.2) is 0 Å². The molecule has 2 aromatic carbocycles. The highest BCUT2D eigenvalue weighted by Gasteiger charge is 2.07. The molecule has 22 heavy (non-hydrogen) atoms. The van der Waals surface area contributed by atoms with Gasteiger partial charge in [-0.05, 0) is 34.9 Å². The second-order valence-corrected chi connectivity index (χ2v) is 4.97. The van der Waals surface area contributed by atoms with Crippen molar-refractivity contribution in [2.24, 2.45) is 0 Å². The van der Waals surface area contributed by atoms with Gasteiger partial charge in [0.25, 0.3) is 0 Å². The highest BCUT2D eigenvalue weighted by molar-refractivity contribution is 5.85. The van der Waals surface area contributed by atoms with E-state index in [1.165, 1.54) is 6.07 Å². The number of carbonyl (C=O) groups is 1. The summed E-state index contributed by atoms with van der Waals surface area (Å²) in [7, 11) is 0. The van der Waals surface area contributed by atoms with Crippen LogP contribution in [0, 0.1) is 0 Å². The number of fused-ring (bicyclic) bond motifs is 1. The minimum Gasteiger partial charge on any atom is -0.465 e. The average molecular weight is 308 g/mol. The van der Waals surface area contributed by atoms with Crippen LogP contribution in [0.1, 0.15) is 25.3 Å². The monoisotopic (exact) mass is 308 g/mol. The van der Waals surface area contributed by atoms with E-state index in [0.29, 0.717) is 6.61 Å². The Bertz CT molecular complexity index is 641. The molecule has 0 radical (unpaired) electrons. The third-order valence-electron chi connectivity index (χ3n) is 3.21. The molecule has 0 N–H and O–H groups in total. The van der Waals surface area contributed by atoms with E-state index in [1.54, 1.807) is 24.3 Å². The minimum atomic E-state index is -2.84. The van der Waals surface area contributed by atoms with Gasteiger partial charge >= 0.3 is 12.6 Å². The maximum Gasteiger partial charge on any atom is 0.387 e. The number of rotatable bonds is 7. The maximum absolute atomic E-state index is 12.2. The van der Waals surface area contributed by atoms with E-state index >= 15 is 0 Å². The summed E-state index contributed by atoms with van der Waals surface area (Å²) in [6.45, 7) is -0.366. The van der Waals surface area contributed by atoms with Crippen LogP contribution in [0.2, 0.25) is 0 Å². The quantitative estimate of drug-likeness (QED) is 0.564. The minimum absolute atomic E-state index is 0.120. The van der Waals surface area contributed by atoms with E-state index in [9.17, 15) is 13.6 Å². The molecule has 0 atom stereocenters. The molecule has 0 unspecified atom stereocenters. The fourth-order valence-corrected chi connectivity index (χ4v) is 2.11. The number of alkyl halides is 2. The predicted molar refractivity (Wildman–Crippen MR) is 80.2 cm³/mol. The Morgan fingerprint density at radius 3 is 2.59 bits per heavy atom. The van der Waals surface area contributed by atoms with Crippen molar-refractivity contribution < 1.29 is 23.0 Å². The smallest absolute Gasteiger partial charge is 0.387 e. The van der Waals surface area contributed by atoms with Crippen LogP contribution in [0.4, 0.5) is 8.78 Å². The zero-order valence-corrected chi connectivity index (χ0v) is 12.4. The zero-order chi connectivity index (χ0) is 15.9. The largest absolute Gasteiger partial charge is 0.465 e. The SMILES string of the molecule is CCCCOC(=O)Cc1ccc2cc(OC(F)F)ccc2c1. The van der Waals surface area contributed by atoms with E-state index in [4.69, 9.17) is 4.74 Å². The topological polar surface area (TPSA) is 35.5 Å². The summed E-state index contributed by atoms with van der Waals surface area (Å²) in [6.07, 6.45) is 2.04. The van der Waals surface area contributed by atoms with Crippen LogP contribution in [-0.2, 0) is 16.0 Å². The number of unbranched alkanes of at least 4 members (excludes halogenated alkanes) is 1. The molecule has 0 aliphatic carbocycles. The van der Waals surface area contributed by atoms with Crippen LogP contribution in [0.5, 0.6) is 5.75 Å². The number of halogens is 2. The number of benzene rings is 2. The van der Waals surface area contributed by atoms with Gasteiger partial charge in [-0.3, -0.25) is 4.79 Å². The highest BCUT2D eigenvalue weighted by atomic mass is 19.3. The van der Waals surface area contributed by atoms with E-state index in [2.05, 4.69) is 4.74 Å². The number of hydrogen-bond acceptors (Lipinski definition) is 3. The summed E-state index contributed by atoms with van der Waals surface area (Å²) in [4.78, 5) is 11.7. The molecule has 2 rings (SSSR count). The van der Waals surface area contributed by atoms with Gasteiger partial charge in [-0.2, -0.15) is 8.78 Å². The first-order valence-electron chi connectivity index (χ1n) is 7.21. The van der Waals surface area contributed by atoms with Gasteiger partial charge in [0.2, 0.25) is 0 Å². The second kappa shape index (κ2) is 7.73. The molecule has 0 spiro atoms. The number of esters is 1. The summed E-state index contributed by atoms with van der Waals surface area (Å²) in [6, 6.07) is 10.1. The van der Waals surface area contributed by atoms with Gasteiger partial charge in [0.1, 0.15) is 5.75 Å². The van der Waals surface area contributed by atoms with Gasteiger partial charge < -0.3 is 9.47 Å². The van der Waals surface area contributed by atoms with E-state index < -0.39 is 6.61 Å². The Hall–Kier alpha value is -2.17. The van der Waals surface area contributed by atoms with Crippen molar-refractivity contribution in [3.63, 3.8) is 0 Å². The fraction of sp³-hybridized carbons (Fsp3) is 0.353. The van der Waals surface area contributed by atoms with Crippen LogP contribution in [0.25, 0.3) is 10.8 Å². The molecular weight excluding hydrogens is 290 g/mol. The van der Waals surface area contributed by atoms with Crippen LogP contribution < -0.4 is 4.74 Å². The molecule has 0 aliphatic rings. The Morgan fingerprint density at radius 2 is 1.86 bits per heavy atom. The molecule has 0 saturated carbocycles. The van der Waals surface area contributed by atoms with Gasteiger partial charge in [-0.15, -0.1) is 0 Å². The van der Waals surface area contributed by atoms with Crippen molar-refractivity contribution in [3.8, 4) is 5.75 Å². The summed E-state index contributed by atoms with van der Waals surface area (Å²) < 4.78 is 33.8. The number of carbonyl (C=O) groups excluding carboxylic acids is 1. The van der Waals surface area contributed by atoms with Crippen molar-refractivity contribution in [1.29, 1.82) is 0 Å². The van der Waals surface area contributed by atoms with Crippen molar-refractivity contribution in [1.82, 2.24) is 0 Å². The van der Waals surface area contributed by atoms with Crippen molar-refractivity contribution in [3.05, 3.63) is 42.0 Å². The molecule has 118 valence electrons. The predicted octanol–water partition coefficient (Wildman–Crippen LogP) is 4.33. The molecule has 0 heterocycles. The molecule has 0 amide bonds. The van der Waals surface area contributed by atoms with E-state index in [-0.39, 0.29) is 18.1 Å². The molecule has 3 nitrogen and oxygen atoms in total. The third-order valence-corrected chi connectivity index (χ3v) is 3.21. The van der Waals surface area contributed by atoms with E-state index in [1.807, 2.05) is 13.0 Å². The lowest BCUT2D eigenvalue weighted by Gasteiger charge is -2.08. The lowest BCUT2D eigenvalue weighted by atomic mass is 10.0. The Balaban J connectivity index is 2.05. The lowest BCUT2D eigenvalue weighted by Crippen LogP contribution is -2.08. The first-order valence-corrected chi connectivity index (χ1v) is 7.21. The van der Waals surface area contributed by atoms with E-state index in [0.717, 1.165) is 29.2 Å². The van der Waals surface area contributed by atoms with Crippen molar-refractivity contribution in [2.45, 2.75) is 32.8 Å². The zero-order valence-electron chi connectivity index (χ0n) is 12.4. The molecule has 0 fully saturated rings. The van der Waals surface area contributed by atoms with Crippen LogP contribution in [-0.4, -0.2) is 19.2 Å². The number of ether oxygens (including phenoxy) is 2. The first-order chi connectivity index (χ1) is 10.6. The van der Waals surface area contributed by atoms with Crippen LogP contribution in [0.15, 0.2) is 36.4 Å².